The second-order valence-electron chi connectivity index (χ2n) is 10.5. The zero-order valence-corrected chi connectivity index (χ0v) is 26.6. The Morgan fingerprint density at radius 3 is 2.62 bits per heavy atom. The van der Waals surface area contributed by atoms with Crippen LogP contribution >= 0.6 is 23.5 Å². The van der Waals surface area contributed by atoms with Crippen molar-refractivity contribution in [2.75, 3.05) is 31.7 Å². The molecule has 0 fully saturated rings. The Balaban J connectivity index is 1.54. The molecule has 4 rings (SSSR count). The fraction of sp³-hybridized carbons (Fsp3) is 0.367. The maximum absolute atomic E-state index is 13.3. The molecule has 0 saturated carbocycles. The van der Waals surface area contributed by atoms with Crippen molar-refractivity contribution in [2.45, 2.75) is 42.4 Å². The van der Waals surface area contributed by atoms with Gasteiger partial charge in [0, 0.05) is 46.6 Å². The molecule has 2 heterocycles. The SMILES string of the molecule is CSC[C@H](N)COCc1cc(SC(F)(F)F)cc(-c2cc3cn(-c4ccc([C@H](C)NCCCN=C(N)N)cc4)c(=O)nc3[nH]2)c1. The topological polar surface area (TPSA) is 162 Å². The predicted octanol–water partition coefficient (Wildman–Crippen LogP) is 4.51. The number of guanidine groups is 1. The molecule has 45 heavy (non-hydrogen) atoms. The second-order valence-corrected chi connectivity index (χ2v) is 12.5. The van der Waals surface area contributed by atoms with Gasteiger partial charge in [-0.15, -0.1) is 0 Å². The monoisotopic (exact) mass is 662 g/mol. The van der Waals surface area contributed by atoms with Crippen LogP contribution in [0.15, 0.2) is 69.4 Å². The molecule has 0 amide bonds. The number of hydrogen-bond acceptors (Lipinski definition) is 8. The summed E-state index contributed by atoms with van der Waals surface area (Å²) in [5.41, 5.74) is 15.3. The zero-order chi connectivity index (χ0) is 32.6. The summed E-state index contributed by atoms with van der Waals surface area (Å²) in [6.45, 7) is 3.70. The van der Waals surface area contributed by atoms with E-state index in [0.717, 1.165) is 18.5 Å². The normalized spacial score (nSPS) is 13.2. The smallest absolute Gasteiger partial charge is 0.375 e. The van der Waals surface area contributed by atoms with Crippen LogP contribution < -0.4 is 28.2 Å². The number of nitrogens with zero attached hydrogens (tertiary/aromatic N) is 3. The molecule has 0 aliphatic heterocycles. The zero-order valence-electron chi connectivity index (χ0n) is 24.9. The Hall–Kier alpha value is -3.50. The first-order chi connectivity index (χ1) is 21.4. The summed E-state index contributed by atoms with van der Waals surface area (Å²) in [5, 5.41) is 4.04. The van der Waals surface area contributed by atoms with Crippen LogP contribution in [0.1, 0.15) is 30.5 Å². The molecule has 0 spiro atoms. The number of aliphatic imine (C=N–C) groups is 1. The standard InChI is InChI=1S/C30H37F3N8O2S2/c1-18(37-8-3-9-38-28(35)36)20-4-6-24(7-5-20)41-14-22-13-26(39-27(22)40-29(41)42)21-10-19(15-43-16-23(34)17-44-2)11-25(12-21)45-30(31,32)33/h4-7,10-14,18,23,37H,3,8-9,15-17,34H2,1-2H3,(H4,35,36,38)(H,39,40,42)/t18-,23+/m0/s1. The molecule has 2 atom stereocenters. The van der Waals surface area contributed by atoms with Crippen molar-refractivity contribution in [3.05, 3.63) is 76.3 Å². The van der Waals surface area contributed by atoms with Gasteiger partial charge in [0.1, 0.15) is 5.65 Å². The summed E-state index contributed by atoms with van der Waals surface area (Å²) in [4.78, 5) is 24.3. The van der Waals surface area contributed by atoms with Crippen molar-refractivity contribution >= 4 is 40.5 Å². The Bertz CT molecular complexity index is 1650. The number of halogens is 3. The first-order valence-electron chi connectivity index (χ1n) is 14.2. The van der Waals surface area contributed by atoms with Gasteiger partial charge in [-0.25, -0.2) is 4.79 Å². The quantitative estimate of drug-likeness (QED) is 0.0534. The third-order valence-corrected chi connectivity index (χ3v) is 8.22. The summed E-state index contributed by atoms with van der Waals surface area (Å²) in [6, 6.07) is 13.9. The molecule has 0 unspecified atom stereocenters. The average Bonchev–Trinajstić information content (AvgIpc) is 3.38. The highest BCUT2D eigenvalue weighted by molar-refractivity contribution is 8.00. The van der Waals surface area contributed by atoms with E-state index in [4.69, 9.17) is 21.9 Å². The maximum Gasteiger partial charge on any atom is 0.446 e. The van der Waals surface area contributed by atoms with Crippen LogP contribution in [0.5, 0.6) is 0 Å². The van der Waals surface area contributed by atoms with Crippen LogP contribution in [-0.2, 0) is 11.3 Å². The largest absolute Gasteiger partial charge is 0.446 e. The molecule has 0 radical (unpaired) electrons. The lowest BCUT2D eigenvalue weighted by Gasteiger charge is -2.15. The number of aromatic nitrogens is 3. The first kappa shape index (κ1) is 34.4. The van der Waals surface area contributed by atoms with Gasteiger partial charge in [-0.2, -0.15) is 29.9 Å². The highest BCUT2D eigenvalue weighted by atomic mass is 32.2. The predicted molar refractivity (Wildman–Crippen MR) is 177 cm³/mol. The third-order valence-electron chi connectivity index (χ3n) is 6.75. The molecule has 10 nitrogen and oxygen atoms in total. The van der Waals surface area contributed by atoms with Crippen molar-refractivity contribution < 1.29 is 17.9 Å². The van der Waals surface area contributed by atoms with E-state index in [0.29, 0.717) is 45.8 Å². The number of alkyl halides is 3. The Labute approximate surface area is 267 Å². The summed E-state index contributed by atoms with van der Waals surface area (Å²) >= 11 is 1.40. The van der Waals surface area contributed by atoms with E-state index >= 15 is 0 Å². The van der Waals surface area contributed by atoms with E-state index in [-0.39, 0.29) is 47.9 Å². The number of aromatic amines is 1. The summed E-state index contributed by atoms with van der Waals surface area (Å²) in [7, 11) is 0. The fourth-order valence-corrected chi connectivity index (χ4v) is 5.85. The maximum atomic E-state index is 13.3. The molecular formula is C30H37F3N8O2S2. The van der Waals surface area contributed by atoms with Crippen molar-refractivity contribution in [2.24, 2.45) is 22.2 Å². The molecule has 2 aromatic heterocycles. The Morgan fingerprint density at radius 2 is 1.93 bits per heavy atom. The summed E-state index contributed by atoms with van der Waals surface area (Å²) in [5.74, 6) is 0.784. The van der Waals surface area contributed by atoms with E-state index < -0.39 is 11.2 Å². The molecule has 15 heteroatoms. The molecule has 2 aromatic carbocycles. The molecular weight excluding hydrogens is 626 g/mol. The Kier molecular flexibility index (Phi) is 12.0. The van der Waals surface area contributed by atoms with Gasteiger partial charge in [0.2, 0.25) is 0 Å². The number of rotatable bonds is 15. The highest BCUT2D eigenvalue weighted by Gasteiger charge is 2.29. The van der Waals surface area contributed by atoms with Crippen molar-refractivity contribution in [1.29, 1.82) is 0 Å². The van der Waals surface area contributed by atoms with Crippen LogP contribution in [0.2, 0.25) is 0 Å². The second kappa shape index (κ2) is 15.7. The van der Waals surface area contributed by atoms with E-state index in [1.807, 2.05) is 37.4 Å². The van der Waals surface area contributed by atoms with Gasteiger partial charge in [0.15, 0.2) is 5.96 Å². The van der Waals surface area contributed by atoms with Crippen molar-refractivity contribution in [3.8, 4) is 16.9 Å². The highest BCUT2D eigenvalue weighted by Crippen LogP contribution is 2.39. The third kappa shape index (κ3) is 10.3. The summed E-state index contributed by atoms with van der Waals surface area (Å²) in [6.07, 6.45) is 4.39. The molecule has 0 aliphatic rings. The van der Waals surface area contributed by atoms with Crippen LogP contribution in [0.4, 0.5) is 13.2 Å². The van der Waals surface area contributed by atoms with E-state index in [2.05, 4.69) is 20.3 Å². The minimum Gasteiger partial charge on any atom is -0.375 e. The number of fused-ring (bicyclic) bond motifs is 1. The number of hydrogen-bond donors (Lipinski definition) is 5. The van der Waals surface area contributed by atoms with Crippen LogP contribution in [0.3, 0.4) is 0 Å². The lowest BCUT2D eigenvalue weighted by molar-refractivity contribution is -0.0328. The molecule has 0 bridgehead atoms. The van der Waals surface area contributed by atoms with Crippen LogP contribution in [0.25, 0.3) is 28.0 Å². The van der Waals surface area contributed by atoms with Gasteiger partial charge >= 0.3 is 11.2 Å². The first-order valence-corrected chi connectivity index (χ1v) is 16.4. The number of thioether (sulfide) groups is 2. The van der Waals surface area contributed by atoms with E-state index in [1.165, 1.54) is 16.7 Å². The molecule has 242 valence electrons. The lowest BCUT2D eigenvalue weighted by atomic mass is 10.1. The number of nitrogens with one attached hydrogen (secondary N) is 2. The van der Waals surface area contributed by atoms with Gasteiger partial charge in [-0.3, -0.25) is 9.56 Å². The van der Waals surface area contributed by atoms with Gasteiger partial charge in [-0.05, 0) is 91.0 Å². The van der Waals surface area contributed by atoms with Gasteiger partial charge in [0.25, 0.3) is 0 Å². The minimum absolute atomic E-state index is 0.0239. The van der Waals surface area contributed by atoms with Gasteiger partial charge < -0.3 is 32.2 Å². The number of nitrogens with two attached hydrogens (primary N) is 3. The minimum atomic E-state index is -4.46. The van der Waals surface area contributed by atoms with Gasteiger partial charge in [-0.1, -0.05) is 12.1 Å². The summed E-state index contributed by atoms with van der Waals surface area (Å²) < 4.78 is 47.0. The molecule has 0 aliphatic carbocycles. The number of H-pyrrole nitrogens is 1. The lowest BCUT2D eigenvalue weighted by Crippen LogP contribution is -2.28. The molecule has 8 N–H and O–H groups in total. The fourth-order valence-electron chi connectivity index (χ4n) is 4.66. The van der Waals surface area contributed by atoms with Crippen LogP contribution in [-0.4, -0.2) is 63.7 Å². The molecule has 4 aromatic rings. The number of benzene rings is 2. The molecule has 0 saturated heterocycles. The van der Waals surface area contributed by atoms with Gasteiger partial charge in [0.05, 0.1) is 18.9 Å². The van der Waals surface area contributed by atoms with Crippen LogP contribution in [0, 0.1) is 0 Å². The van der Waals surface area contributed by atoms with E-state index in [1.54, 1.807) is 30.1 Å². The van der Waals surface area contributed by atoms with E-state index in [9.17, 15) is 18.0 Å². The Morgan fingerprint density at radius 1 is 1.18 bits per heavy atom. The number of ether oxygens (including phenoxy) is 1. The average molecular weight is 663 g/mol. The van der Waals surface area contributed by atoms with Crippen molar-refractivity contribution in [1.82, 2.24) is 19.9 Å². The van der Waals surface area contributed by atoms with Crippen molar-refractivity contribution in [3.63, 3.8) is 0 Å².